The van der Waals surface area contributed by atoms with Gasteiger partial charge >= 0.3 is 12.4 Å². The Morgan fingerprint density at radius 2 is 1.61 bits per heavy atom. The van der Waals surface area contributed by atoms with Crippen molar-refractivity contribution < 1.29 is 31.1 Å². The Balaban J connectivity index is 1.46. The first-order valence-corrected chi connectivity index (χ1v) is 11.0. The quantitative estimate of drug-likeness (QED) is 0.274. The Bertz CT molecular complexity index is 1100. The van der Waals surface area contributed by atoms with Gasteiger partial charge in [-0.2, -0.15) is 26.3 Å². The van der Waals surface area contributed by atoms with E-state index in [0.717, 1.165) is 23.3 Å². The van der Waals surface area contributed by atoms with Gasteiger partial charge in [-0.25, -0.2) is 0 Å². The van der Waals surface area contributed by atoms with E-state index in [2.05, 4.69) is 6.58 Å². The van der Waals surface area contributed by atoms with E-state index in [1.165, 1.54) is 12.1 Å². The first-order chi connectivity index (χ1) is 15.4. The molecular weight excluding hydrogens is 442 g/mol. The fourth-order valence-corrected chi connectivity index (χ4v) is 5.07. The molecule has 7 heteroatoms. The molecule has 0 radical (unpaired) electrons. The van der Waals surface area contributed by atoms with E-state index in [1.807, 2.05) is 0 Å². The molecule has 0 N–H and O–H groups in total. The van der Waals surface area contributed by atoms with Crippen molar-refractivity contribution in [2.45, 2.75) is 63.7 Å². The fourth-order valence-electron chi connectivity index (χ4n) is 5.07. The Labute approximate surface area is 188 Å². The largest absolute Gasteiger partial charge is 0.416 e. The van der Waals surface area contributed by atoms with Crippen LogP contribution in [0, 0.1) is 5.92 Å². The molecule has 0 saturated heterocycles. The number of rotatable bonds is 5. The second-order valence-corrected chi connectivity index (χ2v) is 9.22. The maximum Gasteiger partial charge on any atom is 0.416 e. The molecule has 2 aromatic carbocycles. The molecule has 0 aliphatic heterocycles. The van der Waals surface area contributed by atoms with Gasteiger partial charge in [0.1, 0.15) is 0 Å². The van der Waals surface area contributed by atoms with Gasteiger partial charge in [-0.1, -0.05) is 24.3 Å². The molecule has 0 heterocycles. The third-order valence-electron chi connectivity index (χ3n) is 6.84. The third kappa shape index (κ3) is 4.87. The SMILES string of the molecule is C=C(C)c1cc(C(F)(F)F)ccc1C(=O)CC1CCC(c2c(C(F)(F)F)ccc3c2C3)CC1. The minimum atomic E-state index is -4.51. The van der Waals surface area contributed by atoms with Gasteiger partial charge in [-0.3, -0.25) is 4.79 Å². The highest BCUT2D eigenvalue weighted by Crippen LogP contribution is 2.48. The first-order valence-electron chi connectivity index (χ1n) is 11.0. The van der Waals surface area contributed by atoms with E-state index in [-0.39, 0.29) is 35.2 Å². The van der Waals surface area contributed by atoms with Gasteiger partial charge in [0.15, 0.2) is 5.78 Å². The van der Waals surface area contributed by atoms with Crippen LogP contribution in [0.1, 0.15) is 88.7 Å². The second kappa shape index (κ2) is 8.33. The smallest absolute Gasteiger partial charge is 0.294 e. The number of alkyl halides is 6. The van der Waals surface area contributed by atoms with Crippen LogP contribution in [0.4, 0.5) is 26.3 Å². The molecule has 4 rings (SSSR count). The highest BCUT2D eigenvalue weighted by atomic mass is 19.4. The summed E-state index contributed by atoms with van der Waals surface area (Å²) in [5.41, 5.74) is 1.62. The van der Waals surface area contributed by atoms with Crippen molar-refractivity contribution in [2.24, 2.45) is 5.92 Å². The van der Waals surface area contributed by atoms with Crippen LogP contribution in [0.3, 0.4) is 0 Å². The van der Waals surface area contributed by atoms with Crippen LogP contribution in [0.15, 0.2) is 36.9 Å². The van der Waals surface area contributed by atoms with Crippen molar-refractivity contribution in [3.8, 4) is 0 Å². The van der Waals surface area contributed by atoms with E-state index in [0.29, 0.717) is 43.2 Å². The molecule has 0 bridgehead atoms. The minimum Gasteiger partial charge on any atom is -0.294 e. The number of hydrogen-bond acceptors (Lipinski definition) is 1. The maximum atomic E-state index is 13.5. The number of halogens is 6. The molecule has 176 valence electrons. The van der Waals surface area contributed by atoms with Crippen LogP contribution in [0.25, 0.3) is 5.57 Å². The molecule has 0 unspecified atom stereocenters. The summed E-state index contributed by atoms with van der Waals surface area (Å²) < 4.78 is 79.8. The molecule has 33 heavy (non-hydrogen) atoms. The molecule has 0 spiro atoms. The summed E-state index contributed by atoms with van der Waals surface area (Å²) in [6, 6.07) is 5.79. The maximum absolute atomic E-state index is 13.5. The van der Waals surface area contributed by atoms with E-state index < -0.39 is 23.5 Å². The highest BCUT2D eigenvalue weighted by Gasteiger charge is 2.40. The standard InChI is InChI=1S/C26H24F6O/c1-14(2)20-13-18(25(27,28)29)8-9-19(20)23(33)11-15-3-5-16(6-4-15)24-21-12-17(21)7-10-22(24)26(30,31)32/h7-10,13,15-16H,1,3-6,11-12H2,2H3. The van der Waals surface area contributed by atoms with E-state index in [4.69, 9.17) is 0 Å². The van der Waals surface area contributed by atoms with Gasteiger partial charge in [0.05, 0.1) is 11.1 Å². The van der Waals surface area contributed by atoms with Gasteiger partial charge in [0, 0.05) is 12.0 Å². The van der Waals surface area contributed by atoms with Crippen LogP contribution in [-0.4, -0.2) is 5.78 Å². The number of ketones is 1. The van der Waals surface area contributed by atoms with Crippen LogP contribution >= 0.6 is 0 Å². The van der Waals surface area contributed by atoms with Crippen molar-refractivity contribution in [1.29, 1.82) is 0 Å². The van der Waals surface area contributed by atoms with E-state index in [9.17, 15) is 31.1 Å². The molecule has 0 aromatic heterocycles. The number of hydrogen-bond donors (Lipinski definition) is 0. The second-order valence-electron chi connectivity index (χ2n) is 9.22. The summed E-state index contributed by atoms with van der Waals surface area (Å²) in [7, 11) is 0. The monoisotopic (exact) mass is 466 g/mol. The summed E-state index contributed by atoms with van der Waals surface area (Å²) in [6.45, 7) is 5.27. The van der Waals surface area contributed by atoms with Gasteiger partial charge in [-0.15, -0.1) is 0 Å². The van der Waals surface area contributed by atoms with Gasteiger partial charge in [-0.05, 0) is 91.3 Å². The minimum absolute atomic E-state index is 0.00395. The van der Waals surface area contributed by atoms with Crippen molar-refractivity contribution >= 4 is 11.4 Å². The number of allylic oxidation sites excluding steroid dienone is 1. The zero-order valence-corrected chi connectivity index (χ0v) is 18.2. The predicted octanol–water partition coefficient (Wildman–Crippen LogP) is 8.21. The van der Waals surface area contributed by atoms with Crippen molar-refractivity contribution in [1.82, 2.24) is 0 Å². The van der Waals surface area contributed by atoms with Crippen molar-refractivity contribution in [3.05, 3.63) is 75.9 Å². The lowest BCUT2D eigenvalue weighted by molar-refractivity contribution is -0.139. The zero-order valence-electron chi connectivity index (χ0n) is 18.2. The lowest BCUT2D eigenvalue weighted by Gasteiger charge is -2.30. The Kier molecular flexibility index (Phi) is 5.95. The molecule has 0 amide bonds. The number of fused-ring (bicyclic) bond motifs is 1. The van der Waals surface area contributed by atoms with Gasteiger partial charge in [0.25, 0.3) is 0 Å². The van der Waals surface area contributed by atoms with Crippen molar-refractivity contribution in [3.63, 3.8) is 0 Å². The van der Waals surface area contributed by atoms with Crippen LogP contribution in [-0.2, 0) is 18.8 Å². The van der Waals surface area contributed by atoms with E-state index >= 15 is 0 Å². The molecule has 1 fully saturated rings. The van der Waals surface area contributed by atoms with Crippen LogP contribution in [0.2, 0.25) is 0 Å². The number of benzene rings is 2. The number of carbonyl (C=O) groups excluding carboxylic acids is 1. The molecular formula is C26H24F6O. The molecule has 2 aliphatic rings. The Morgan fingerprint density at radius 1 is 0.939 bits per heavy atom. The summed E-state index contributed by atoms with van der Waals surface area (Å²) in [5, 5.41) is 0. The van der Waals surface area contributed by atoms with Gasteiger partial charge in [0.2, 0.25) is 0 Å². The molecule has 2 aromatic rings. The predicted molar refractivity (Wildman–Crippen MR) is 114 cm³/mol. The lowest BCUT2D eigenvalue weighted by atomic mass is 9.75. The van der Waals surface area contributed by atoms with Crippen molar-refractivity contribution in [2.75, 3.05) is 0 Å². The highest BCUT2D eigenvalue weighted by molar-refractivity contribution is 6.00. The van der Waals surface area contributed by atoms with Crippen LogP contribution < -0.4 is 0 Å². The third-order valence-corrected chi connectivity index (χ3v) is 6.84. The normalized spacial score (nSPS) is 20.3. The molecule has 1 saturated carbocycles. The molecule has 0 atom stereocenters. The van der Waals surface area contributed by atoms with Crippen LogP contribution in [0.5, 0.6) is 0 Å². The molecule has 2 aliphatic carbocycles. The average Bonchev–Trinajstić information content (AvgIpc) is 3.51. The summed E-state index contributed by atoms with van der Waals surface area (Å²) in [5.74, 6) is -0.439. The summed E-state index contributed by atoms with van der Waals surface area (Å²) in [6.07, 6.45) is -5.77. The lowest BCUT2D eigenvalue weighted by Crippen LogP contribution is -2.20. The fraction of sp³-hybridized carbons (Fsp3) is 0.423. The Morgan fingerprint density at radius 3 is 2.18 bits per heavy atom. The molecule has 1 nitrogen and oxygen atoms in total. The zero-order chi connectivity index (χ0) is 24.1. The average molecular weight is 466 g/mol. The van der Waals surface area contributed by atoms with Gasteiger partial charge < -0.3 is 0 Å². The Hall–Kier alpha value is -2.57. The topological polar surface area (TPSA) is 17.1 Å². The summed E-state index contributed by atoms with van der Waals surface area (Å²) in [4.78, 5) is 12.9. The number of Topliss-reactive ketones (excluding diaryl/α,β-unsaturated/α-hetero) is 1. The first kappa shape index (κ1) is 23.6. The summed E-state index contributed by atoms with van der Waals surface area (Å²) >= 11 is 0. The van der Waals surface area contributed by atoms with E-state index in [1.54, 1.807) is 13.0 Å². The number of carbonyl (C=O) groups is 1.